The Morgan fingerprint density at radius 1 is 1.41 bits per heavy atom. The summed E-state index contributed by atoms with van der Waals surface area (Å²) in [5.41, 5.74) is 2.41. The van der Waals surface area contributed by atoms with E-state index in [-0.39, 0.29) is 0 Å². The van der Waals surface area contributed by atoms with Gasteiger partial charge in [0, 0.05) is 32.6 Å². The summed E-state index contributed by atoms with van der Waals surface area (Å²) in [6, 6.07) is 8.97. The first-order valence-electron chi connectivity index (χ1n) is 6.23. The number of ether oxygens (including phenoxy) is 1. The van der Waals surface area contributed by atoms with Crippen molar-refractivity contribution >= 4 is 11.4 Å². The number of hydrogen-bond acceptors (Lipinski definition) is 3. The number of rotatable bonds is 6. The van der Waals surface area contributed by atoms with Crippen molar-refractivity contribution in [3.05, 3.63) is 24.3 Å². The highest BCUT2D eigenvalue weighted by Gasteiger charge is 2.31. The molecule has 0 bridgehead atoms. The van der Waals surface area contributed by atoms with Crippen LogP contribution >= 0.6 is 0 Å². The molecule has 0 aliphatic heterocycles. The van der Waals surface area contributed by atoms with Crippen molar-refractivity contribution in [2.45, 2.75) is 18.9 Å². The molecule has 1 fully saturated rings. The van der Waals surface area contributed by atoms with E-state index in [0.29, 0.717) is 6.04 Å². The molecule has 1 aromatic carbocycles. The summed E-state index contributed by atoms with van der Waals surface area (Å²) in [6.07, 6.45) is 2.66. The summed E-state index contributed by atoms with van der Waals surface area (Å²) in [7, 11) is 5.90. The average Bonchev–Trinajstić information content (AvgIpc) is 3.13. The minimum Gasteiger partial charge on any atom is -0.383 e. The average molecular weight is 234 g/mol. The van der Waals surface area contributed by atoms with Crippen LogP contribution in [-0.2, 0) is 4.74 Å². The lowest BCUT2D eigenvalue weighted by atomic mass is 10.1. The van der Waals surface area contributed by atoms with Crippen LogP contribution in [-0.4, -0.2) is 33.9 Å². The molecule has 1 saturated carbocycles. The molecule has 0 aromatic heterocycles. The summed E-state index contributed by atoms with van der Waals surface area (Å²) in [4.78, 5) is 2.12. The fraction of sp³-hybridized carbons (Fsp3) is 0.571. The maximum absolute atomic E-state index is 5.28. The molecular weight excluding hydrogens is 212 g/mol. The van der Waals surface area contributed by atoms with Crippen LogP contribution in [0.3, 0.4) is 0 Å². The molecule has 1 aliphatic rings. The number of anilines is 2. The highest BCUT2D eigenvalue weighted by Crippen LogP contribution is 2.34. The topological polar surface area (TPSA) is 24.5 Å². The molecule has 0 amide bonds. The molecule has 0 spiro atoms. The van der Waals surface area contributed by atoms with Gasteiger partial charge in [0.05, 0.1) is 12.6 Å². The molecule has 2 rings (SSSR count). The first-order valence-corrected chi connectivity index (χ1v) is 6.23. The summed E-state index contributed by atoms with van der Waals surface area (Å²) in [5, 5.41) is 3.59. The maximum atomic E-state index is 5.28. The third-order valence-corrected chi connectivity index (χ3v) is 3.25. The van der Waals surface area contributed by atoms with Gasteiger partial charge in [-0.1, -0.05) is 6.07 Å². The highest BCUT2D eigenvalue weighted by atomic mass is 16.5. The zero-order valence-corrected chi connectivity index (χ0v) is 10.9. The second-order valence-electron chi connectivity index (χ2n) is 4.99. The Morgan fingerprint density at radius 3 is 2.76 bits per heavy atom. The van der Waals surface area contributed by atoms with E-state index in [1.807, 2.05) is 0 Å². The van der Waals surface area contributed by atoms with Gasteiger partial charge in [0.2, 0.25) is 0 Å². The van der Waals surface area contributed by atoms with E-state index in [0.717, 1.165) is 12.5 Å². The minimum atomic E-state index is 0.456. The third kappa shape index (κ3) is 3.37. The number of methoxy groups -OCH3 is 1. The van der Waals surface area contributed by atoms with Crippen molar-refractivity contribution < 1.29 is 4.74 Å². The molecule has 1 atom stereocenters. The lowest BCUT2D eigenvalue weighted by molar-refractivity contribution is 0.179. The third-order valence-electron chi connectivity index (χ3n) is 3.25. The number of nitrogens with zero attached hydrogens (tertiary/aromatic N) is 1. The van der Waals surface area contributed by atoms with E-state index in [1.54, 1.807) is 7.11 Å². The Bertz CT molecular complexity index is 361. The van der Waals surface area contributed by atoms with Gasteiger partial charge in [0.25, 0.3) is 0 Å². The van der Waals surface area contributed by atoms with E-state index in [2.05, 4.69) is 48.6 Å². The summed E-state index contributed by atoms with van der Waals surface area (Å²) in [6.45, 7) is 0.789. The second kappa shape index (κ2) is 5.41. The van der Waals surface area contributed by atoms with E-state index in [1.165, 1.54) is 24.2 Å². The van der Waals surface area contributed by atoms with Gasteiger partial charge in [-0.15, -0.1) is 0 Å². The van der Waals surface area contributed by atoms with Crippen LogP contribution in [0.1, 0.15) is 12.8 Å². The van der Waals surface area contributed by atoms with Crippen LogP contribution in [0.15, 0.2) is 24.3 Å². The molecule has 3 nitrogen and oxygen atoms in total. The van der Waals surface area contributed by atoms with Gasteiger partial charge < -0.3 is 15.0 Å². The molecule has 17 heavy (non-hydrogen) atoms. The zero-order chi connectivity index (χ0) is 12.3. The maximum Gasteiger partial charge on any atom is 0.0666 e. The van der Waals surface area contributed by atoms with Crippen LogP contribution in [0.2, 0.25) is 0 Å². The van der Waals surface area contributed by atoms with Crippen LogP contribution in [0.5, 0.6) is 0 Å². The molecule has 1 unspecified atom stereocenters. The zero-order valence-electron chi connectivity index (χ0n) is 10.9. The molecule has 1 aliphatic carbocycles. The molecule has 3 heteroatoms. The largest absolute Gasteiger partial charge is 0.383 e. The van der Waals surface area contributed by atoms with E-state index in [9.17, 15) is 0 Å². The van der Waals surface area contributed by atoms with Gasteiger partial charge in [-0.05, 0) is 37.0 Å². The van der Waals surface area contributed by atoms with Gasteiger partial charge in [-0.3, -0.25) is 0 Å². The lowest BCUT2D eigenvalue weighted by Crippen LogP contribution is -2.27. The van der Waals surface area contributed by atoms with Crippen molar-refractivity contribution in [3.8, 4) is 0 Å². The normalized spacial score (nSPS) is 16.6. The number of hydrogen-bond donors (Lipinski definition) is 1. The molecule has 94 valence electrons. The standard InChI is InChI=1S/C14H22N2O/c1-16(2)13-6-4-5-12(9-13)15-14(10-17-3)11-7-8-11/h4-6,9,11,14-15H,7-8,10H2,1-3H3. The smallest absolute Gasteiger partial charge is 0.0666 e. The predicted octanol–water partition coefficient (Wildman–Crippen LogP) is 2.59. The molecule has 0 radical (unpaired) electrons. The Labute approximate surface area is 104 Å². The lowest BCUT2D eigenvalue weighted by Gasteiger charge is -2.20. The van der Waals surface area contributed by atoms with Crippen LogP contribution in [0, 0.1) is 5.92 Å². The van der Waals surface area contributed by atoms with Crippen molar-refractivity contribution in [1.82, 2.24) is 0 Å². The fourth-order valence-corrected chi connectivity index (χ4v) is 2.06. The minimum absolute atomic E-state index is 0.456. The number of benzene rings is 1. The molecule has 1 N–H and O–H groups in total. The first-order chi connectivity index (χ1) is 8.20. The molecular formula is C14H22N2O. The Morgan fingerprint density at radius 2 is 2.18 bits per heavy atom. The molecule has 0 saturated heterocycles. The molecule has 1 aromatic rings. The Hall–Kier alpha value is -1.22. The van der Waals surface area contributed by atoms with E-state index < -0.39 is 0 Å². The van der Waals surface area contributed by atoms with Gasteiger partial charge in [-0.2, -0.15) is 0 Å². The summed E-state index contributed by atoms with van der Waals surface area (Å²) >= 11 is 0. The van der Waals surface area contributed by atoms with Crippen molar-refractivity contribution in [1.29, 1.82) is 0 Å². The van der Waals surface area contributed by atoms with Gasteiger partial charge in [0.1, 0.15) is 0 Å². The van der Waals surface area contributed by atoms with Crippen molar-refractivity contribution in [3.63, 3.8) is 0 Å². The first kappa shape index (κ1) is 12.2. The van der Waals surface area contributed by atoms with E-state index in [4.69, 9.17) is 4.74 Å². The van der Waals surface area contributed by atoms with Gasteiger partial charge >= 0.3 is 0 Å². The highest BCUT2D eigenvalue weighted by molar-refractivity contribution is 5.57. The quantitative estimate of drug-likeness (QED) is 0.819. The molecule has 0 heterocycles. The predicted molar refractivity (Wildman–Crippen MR) is 72.8 cm³/mol. The second-order valence-corrected chi connectivity index (χ2v) is 4.99. The van der Waals surface area contributed by atoms with Crippen LogP contribution in [0.4, 0.5) is 11.4 Å². The Balaban J connectivity index is 2.03. The number of nitrogens with one attached hydrogen (secondary N) is 1. The summed E-state index contributed by atoms with van der Waals surface area (Å²) < 4.78 is 5.28. The Kier molecular flexibility index (Phi) is 3.89. The SMILES string of the molecule is COCC(Nc1cccc(N(C)C)c1)C1CC1. The summed E-state index contributed by atoms with van der Waals surface area (Å²) in [5.74, 6) is 0.790. The van der Waals surface area contributed by atoms with Gasteiger partial charge in [0.15, 0.2) is 0 Å². The van der Waals surface area contributed by atoms with E-state index >= 15 is 0 Å². The van der Waals surface area contributed by atoms with Crippen molar-refractivity contribution in [2.75, 3.05) is 38.0 Å². The monoisotopic (exact) mass is 234 g/mol. The van der Waals surface area contributed by atoms with Crippen LogP contribution < -0.4 is 10.2 Å². The van der Waals surface area contributed by atoms with Gasteiger partial charge in [-0.25, -0.2) is 0 Å². The van der Waals surface area contributed by atoms with Crippen molar-refractivity contribution in [2.24, 2.45) is 5.92 Å². The fourth-order valence-electron chi connectivity index (χ4n) is 2.06. The van der Waals surface area contributed by atoms with Crippen LogP contribution in [0.25, 0.3) is 0 Å².